The predicted molar refractivity (Wildman–Crippen MR) is 168 cm³/mol. The number of carbonyl (C=O) groups is 1. The molecule has 0 bridgehead atoms. The van der Waals surface area contributed by atoms with Crippen LogP contribution in [-0.2, 0) is 18.0 Å². The largest absolute Gasteiger partial charge is 0.487 e. The van der Waals surface area contributed by atoms with E-state index < -0.39 is 0 Å². The van der Waals surface area contributed by atoms with E-state index in [9.17, 15) is 4.79 Å². The Morgan fingerprint density at radius 2 is 1.05 bits per heavy atom. The zero-order valence-corrected chi connectivity index (χ0v) is 25.1. The quantitative estimate of drug-likeness (QED) is 0.176. The van der Waals surface area contributed by atoms with Gasteiger partial charge in [-0.15, -0.1) is 0 Å². The van der Waals surface area contributed by atoms with Crippen molar-refractivity contribution >= 4 is 61.6 Å². The Morgan fingerprint density at radius 1 is 0.615 bits per heavy atom. The van der Waals surface area contributed by atoms with E-state index >= 15 is 0 Å². The summed E-state index contributed by atoms with van der Waals surface area (Å²) in [6.45, 7) is 0.893. The molecule has 0 amide bonds. The third kappa shape index (κ3) is 7.13. The molecule has 1 aliphatic heterocycles. The monoisotopic (exact) mass is 660 g/mol. The van der Waals surface area contributed by atoms with Crippen molar-refractivity contribution in [1.82, 2.24) is 0 Å². The Labute approximate surface area is 250 Å². The summed E-state index contributed by atoms with van der Waals surface area (Å²) in [7, 11) is 0. The summed E-state index contributed by atoms with van der Waals surface area (Å²) in [4.78, 5) is 13.6. The van der Waals surface area contributed by atoms with E-state index in [2.05, 4.69) is 31.9 Å². The van der Waals surface area contributed by atoms with Crippen LogP contribution in [0.25, 0.3) is 12.2 Å². The van der Waals surface area contributed by atoms with E-state index in [1.165, 1.54) is 0 Å². The molecule has 6 heteroatoms. The predicted octanol–water partition coefficient (Wildman–Crippen LogP) is 9.15. The van der Waals surface area contributed by atoms with Gasteiger partial charge in [0.05, 0.1) is 8.95 Å². The first-order valence-corrected chi connectivity index (χ1v) is 15.3. The van der Waals surface area contributed by atoms with Gasteiger partial charge in [0.25, 0.3) is 0 Å². The van der Waals surface area contributed by atoms with Crippen molar-refractivity contribution in [2.24, 2.45) is 0 Å². The Balaban J connectivity index is 1.39. The molecule has 0 aromatic heterocycles. The summed E-state index contributed by atoms with van der Waals surface area (Å²) >= 11 is 8.99. The van der Waals surface area contributed by atoms with Crippen LogP contribution in [0.1, 0.15) is 22.3 Å². The maximum atomic E-state index is 13.6. The third-order valence-electron chi connectivity index (χ3n) is 6.20. The number of thioether (sulfide) groups is 1. The van der Waals surface area contributed by atoms with E-state index in [1.807, 2.05) is 109 Å². The number of rotatable bonds is 8. The standard InChI is InChI=1S/C33H26Br2O3S/c34-29-15-7-13-25(32(29)37-19-23-9-3-1-4-10-23)17-27-21-39-22-28(31(27)36)18-26-14-8-16-30(35)33(26)38-20-24-11-5-2-6-12-24/h1-18H,19-22H2/b27-17+,28-18+. The first kappa shape index (κ1) is 27.5. The molecule has 1 saturated heterocycles. The molecule has 0 spiro atoms. The minimum absolute atomic E-state index is 0.0525. The molecule has 0 unspecified atom stereocenters. The van der Waals surface area contributed by atoms with Gasteiger partial charge in [0.15, 0.2) is 5.78 Å². The maximum absolute atomic E-state index is 13.6. The second kappa shape index (κ2) is 13.3. The number of carbonyl (C=O) groups excluding carboxylic acids is 1. The van der Waals surface area contributed by atoms with Gasteiger partial charge in [0.2, 0.25) is 0 Å². The summed E-state index contributed by atoms with van der Waals surface area (Å²) in [5.41, 5.74) is 5.42. The number of ether oxygens (including phenoxy) is 2. The molecule has 0 radical (unpaired) electrons. The molecule has 0 N–H and O–H groups in total. The lowest BCUT2D eigenvalue weighted by molar-refractivity contribution is -0.112. The van der Waals surface area contributed by atoms with Gasteiger partial charge >= 0.3 is 0 Å². The van der Waals surface area contributed by atoms with Crippen molar-refractivity contribution in [1.29, 1.82) is 0 Å². The molecule has 1 aliphatic rings. The van der Waals surface area contributed by atoms with Crippen molar-refractivity contribution in [2.45, 2.75) is 13.2 Å². The number of Topliss-reactive ketones (excluding diaryl/α,β-unsaturated/α-hetero) is 1. The van der Waals surface area contributed by atoms with Crippen LogP contribution in [0.5, 0.6) is 11.5 Å². The topological polar surface area (TPSA) is 35.5 Å². The van der Waals surface area contributed by atoms with Crippen LogP contribution in [0.3, 0.4) is 0 Å². The smallest absolute Gasteiger partial charge is 0.186 e. The molecule has 3 nitrogen and oxygen atoms in total. The van der Waals surface area contributed by atoms with E-state index in [0.717, 1.165) is 53.8 Å². The number of halogens is 2. The molecule has 0 aliphatic carbocycles. The molecular formula is C33H26Br2O3S. The number of hydrogen-bond acceptors (Lipinski definition) is 4. The Kier molecular flexibility index (Phi) is 9.40. The number of hydrogen-bond donors (Lipinski definition) is 0. The van der Waals surface area contributed by atoms with Crippen molar-refractivity contribution in [3.63, 3.8) is 0 Å². The third-order valence-corrected chi connectivity index (χ3v) is 8.48. The Hall–Kier alpha value is -3.06. The highest BCUT2D eigenvalue weighted by molar-refractivity contribution is 9.10. The van der Waals surface area contributed by atoms with Crippen LogP contribution in [0.2, 0.25) is 0 Å². The van der Waals surface area contributed by atoms with Gasteiger partial charge < -0.3 is 9.47 Å². The first-order valence-electron chi connectivity index (χ1n) is 12.5. The van der Waals surface area contributed by atoms with Gasteiger partial charge in [0.1, 0.15) is 24.7 Å². The molecule has 1 fully saturated rings. The molecule has 39 heavy (non-hydrogen) atoms. The minimum atomic E-state index is 0.0525. The van der Waals surface area contributed by atoms with Gasteiger partial charge in [-0.25, -0.2) is 0 Å². The second-order valence-corrected chi connectivity index (χ2v) is 11.7. The van der Waals surface area contributed by atoms with Crippen molar-refractivity contribution < 1.29 is 14.3 Å². The average Bonchev–Trinajstić information content (AvgIpc) is 2.95. The van der Waals surface area contributed by atoms with Gasteiger partial charge in [0, 0.05) is 33.8 Å². The number of benzene rings is 4. The lowest BCUT2D eigenvalue weighted by Crippen LogP contribution is -2.16. The molecule has 0 atom stereocenters. The van der Waals surface area contributed by atoms with Crippen LogP contribution < -0.4 is 9.47 Å². The second-order valence-electron chi connectivity index (χ2n) is 9.03. The molecule has 0 saturated carbocycles. The minimum Gasteiger partial charge on any atom is -0.487 e. The van der Waals surface area contributed by atoms with Crippen molar-refractivity contribution in [3.8, 4) is 11.5 Å². The highest BCUT2D eigenvalue weighted by atomic mass is 79.9. The van der Waals surface area contributed by atoms with Crippen LogP contribution >= 0.6 is 43.6 Å². The molecular weight excluding hydrogens is 636 g/mol. The number of para-hydroxylation sites is 2. The van der Waals surface area contributed by atoms with Crippen LogP contribution in [0.15, 0.2) is 117 Å². The lowest BCUT2D eigenvalue weighted by Gasteiger charge is -2.18. The molecule has 4 aromatic rings. The molecule has 1 heterocycles. The fraction of sp³-hybridized carbons (Fsp3) is 0.121. The molecule has 196 valence electrons. The van der Waals surface area contributed by atoms with Gasteiger partial charge in [-0.1, -0.05) is 84.9 Å². The zero-order chi connectivity index (χ0) is 27.0. The van der Waals surface area contributed by atoms with Crippen molar-refractivity contribution in [3.05, 3.63) is 139 Å². The lowest BCUT2D eigenvalue weighted by atomic mass is 10.00. The van der Waals surface area contributed by atoms with Gasteiger partial charge in [-0.05, 0) is 67.3 Å². The Bertz CT molecular complexity index is 1400. The van der Waals surface area contributed by atoms with Crippen LogP contribution in [-0.4, -0.2) is 17.3 Å². The van der Waals surface area contributed by atoms with E-state index in [0.29, 0.717) is 24.7 Å². The van der Waals surface area contributed by atoms with E-state index in [4.69, 9.17) is 9.47 Å². The summed E-state index contributed by atoms with van der Waals surface area (Å²) in [6, 6.07) is 31.9. The van der Waals surface area contributed by atoms with E-state index in [-0.39, 0.29) is 5.78 Å². The normalized spacial score (nSPS) is 15.5. The molecule has 4 aromatic carbocycles. The summed E-state index contributed by atoms with van der Waals surface area (Å²) in [6.07, 6.45) is 3.92. The average molecular weight is 662 g/mol. The van der Waals surface area contributed by atoms with Gasteiger partial charge in [-0.3, -0.25) is 4.79 Å². The van der Waals surface area contributed by atoms with Crippen LogP contribution in [0, 0.1) is 0 Å². The fourth-order valence-corrected chi connectivity index (χ4v) is 6.20. The fourth-order valence-electron chi connectivity index (χ4n) is 4.24. The highest BCUT2D eigenvalue weighted by Crippen LogP contribution is 2.36. The zero-order valence-electron chi connectivity index (χ0n) is 21.1. The summed E-state index contributed by atoms with van der Waals surface area (Å²) < 4.78 is 14.1. The number of ketones is 1. The SMILES string of the molecule is O=C1/C(=C/c2cccc(Br)c2OCc2ccccc2)CSC/C1=C\c1cccc(Br)c1OCc1ccccc1. The van der Waals surface area contributed by atoms with Gasteiger partial charge in [-0.2, -0.15) is 11.8 Å². The van der Waals surface area contributed by atoms with Crippen LogP contribution in [0.4, 0.5) is 0 Å². The summed E-state index contributed by atoms with van der Waals surface area (Å²) in [5.74, 6) is 2.81. The highest BCUT2D eigenvalue weighted by Gasteiger charge is 2.23. The van der Waals surface area contributed by atoms with E-state index in [1.54, 1.807) is 11.8 Å². The Morgan fingerprint density at radius 3 is 1.49 bits per heavy atom. The first-order chi connectivity index (χ1) is 19.1. The molecule has 5 rings (SSSR count). The maximum Gasteiger partial charge on any atom is 0.186 e. The summed E-state index contributed by atoms with van der Waals surface area (Å²) in [5, 5.41) is 0. The van der Waals surface area contributed by atoms with Crippen molar-refractivity contribution in [2.75, 3.05) is 11.5 Å².